The van der Waals surface area contributed by atoms with Gasteiger partial charge in [-0.05, 0) is 25.0 Å². The third kappa shape index (κ3) is 1.52. The SMILES string of the molecule is Cc1ncc(CN)c(C)c1Cl. The average molecular weight is 171 g/mol. The molecule has 2 nitrogen and oxygen atoms in total. The Hall–Kier alpha value is -0.600. The Kier molecular flexibility index (Phi) is 2.47. The molecule has 0 aliphatic rings. The summed E-state index contributed by atoms with van der Waals surface area (Å²) in [7, 11) is 0. The lowest BCUT2D eigenvalue weighted by Gasteiger charge is -2.05. The minimum absolute atomic E-state index is 0.499. The maximum absolute atomic E-state index is 5.94. The molecule has 0 unspecified atom stereocenters. The Labute approximate surface area is 71.4 Å². The molecule has 3 heteroatoms. The van der Waals surface area contributed by atoms with Crippen molar-refractivity contribution in [3.05, 3.63) is 28.0 Å². The lowest BCUT2D eigenvalue weighted by atomic mass is 10.1. The van der Waals surface area contributed by atoms with Gasteiger partial charge in [0, 0.05) is 12.7 Å². The van der Waals surface area contributed by atoms with Gasteiger partial charge < -0.3 is 5.73 Å². The summed E-state index contributed by atoms with van der Waals surface area (Å²) in [5, 5.41) is 0.730. The van der Waals surface area contributed by atoms with Gasteiger partial charge in [0.15, 0.2) is 0 Å². The summed E-state index contributed by atoms with van der Waals surface area (Å²) in [6.45, 7) is 4.34. The number of pyridine rings is 1. The third-order valence-corrected chi connectivity index (χ3v) is 2.32. The summed E-state index contributed by atoms with van der Waals surface area (Å²) in [6.07, 6.45) is 1.77. The molecular formula is C8H11ClN2. The van der Waals surface area contributed by atoms with Gasteiger partial charge in [-0.25, -0.2) is 0 Å². The topological polar surface area (TPSA) is 38.9 Å². The van der Waals surface area contributed by atoms with Crippen molar-refractivity contribution in [3.63, 3.8) is 0 Å². The highest BCUT2D eigenvalue weighted by Gasteiger charge is 2.03. The van der Waals surface area contributed by atoms with Crippen LogP contribution in [0.4, 0.5) is 0 Å². The minimum atomic E-state index is 0.499. The van der Waals surface area contributed by atoms with Crippen LogP contribution in [0.3, 0.4) is 0 Å². The summed E-state index contributed by atoms with van der Waals surface area (Å²) in [5.74, 6) is 0. The molecule has 11 heavy (non-hydrogen) atoms. The fourth-order valence-electron chi connectivity index (χ4n) is 0.946. The van der Waals surface area contributed by atoms with E-state index in [1.165, 1.54) is 0 Å². The number of aryl methyl sites for hydroxylation is 1. The van der Waals surface area contributed by atoms with E-state index < -0.39 is 0 Å². The van der Waals surface area contributed by atoms with Gasteiger partial charge in [0.2, 0.25) is 0 Å². The van der Waals surface area contributed by atoms with Gasteiger partial charge >= 0.3 is 0 Å². The molecule has 0 amide bonds. The largest absolute Gasteiger partial charge is 0.326 e. The molecule has 0 radical (unpaired) electrons. The second-order valence-electron chi connectivity index (χ2n) is 2.51. The first-order chi connectivity index (χ1) is 5.16. The lowest BCUT2D eigenvalue weighted by molar-refractivity contribution is 1.01. The number of nitrogens with zero attached hydrogens (tertiary/aromatic N) is 1. The fraction of sp³-hybridized carbons (Fsp3) is 0.375. The van der Waals surface area contributed by atoms with E-state index in [1.54, 1.807) is 6.20 Å². The van der Waals surface area contributed by atoms with Crippen molar-refractivity contribution in [1.29, 1.82) is 0 Å². The van der Waals surface area contributed by atoms with E-state index in [0.717, 1.165) is 21.8 Å². The molecule has 0 aliphatic carbocycles. The van der Waals surface area contributed by atoms with Crippen molar-refractivity contribution in [3.8, 4) is 0 Å². The second kappa shape index (κ2) is 3.20. The average Bonchev–Trinajstić information content (AvgIpc) is 2.01. The number of nitrogens with two attached hydrogens (primary N) is 1. The zero-order chi connectivity index (χ0) is 8.43. The van der Waals surface area contributed by atoms with Crippen molar-refractivity contribution in [1.82, 2.24) is 4.98 Å². The zero-order valence-corrected chi connectivity index (χ0v) is 7.44. The minimum Gasteiger partial charge on any atom is -0.326 e. The molecule has 0 aliphatic heterocycles. The highest BCUT2D eigenvalue weighted by atomic mass is 35.5. The molecule has 0 spiro atoms. The molecule has 1 rings (SSSR count). The number of halogens is 1. The van der Waals surface area contributed by atoms with Crippen molar-refractivity contribution in [2.75, 3.05) is 0 Å². The number of hydrogen-bond donors (Lipinski definition) is 1. The Balaban J connectivity index is 3.25. The first-order valence-electron chi connectivity index (χ1n) is 3.47. The molecule has 1 aromatic heterocycles. The predicted molar refractivity (Wildman–Crippen MR) is 46.6 cm³/mol. The first-order valence-corrected chi connectivity index (χ1v) is 3.85. The number of hydrogen-bond acceptors (Lipinski definition) is 2. The van der Waals surface area contributed by atoms with Crippen molar-refractivity contribution >= 4 is 11.6 Å². The van der Waals surface area contributed by atoms with Crippen LogP contribution >= 0.6 is 11.6 Å². The Bertz CT molecular complexity index is 271. The molecule has 0 aromatic carbocycles. The Morgan fingerprint density at radius 1 is 1.55 bits per heavy atom. The summed E-state index contributed by atoms with van der Waals surface area (Å²) in [5.41, 5.74) is 8.39. The molecule has 0 fully saturated rings. The summed E-state index contributed by atoms with van der Waals surface area (Å²) >= 11 is 5.94. The van der Waals surface area contributed by atoms with Gasteiger partial charge in [-0.3, -0.25) is 4.98 Å². The maximum atomic E-state index is 5.94. The molecule has 0 saturated carbocycles. The van der Waals surface area contributed by atoms with Gasteiger partial charge in [-0.2, -0.15) is 0 Å². The van der Waals surface area contributed by atoms with Crippen LogP contribution in [0.15, 0.2) is 6.20 Å². The van der Waals surface area contributed by atoms with Crippen LogP contribution in [0.5, 0.6) is 0 Å². The second-order valence-corrected chi connectivity index (χ2v) is 2.89. The number of aromatic nitrogens is 1. The molecule has 2 N–H and O–H groups in total. The summed E-state index contributed by atoms with van der Waals surface area (Å²) < 4.78 is 0. The molecule has 1 heterocycles. The van der Waals surface area contributed by atoms with Crippen LogP contribution in [0, 0.1) is 13.8 Å². The van der Waals surface area contributed by atoms with Gasteiger partial charge in [0.25, 0.3) is 0 Å². The zero-order valence-electron chi connectivity index (χ0n) is 6.69. The first kappa shape index (κ1) is 8.50. The van der Waals surface area contributed by atoms with Gasteiger partial charge in [-0.1, -0.05) is 11.6 Å². The van der Waals surface area contributed by atoms with Crippen molar-refractivity contribution < 1.29 is 0 Å². The molecule has 1 aromatic rings. The molecule has 0 bridgehead atoms. The van der Waals surface area contributed by atoms with E-state index in [1.807, 2.05) is 13.8 Å². The standard InChI is InChI=1S/C8H11ClN2/c1-5-7(3-10)4-11-6(2)8(5)9/h4H,3,10H2,1-2H3. The maximum Gasteiger partial charge on any atom is 0.0650 e. The van der Waals surface area contributed by atoms with Crippen molar-refractivity contribution in [2.24, 2.45) is 5.73 Å². The van der Waals surface area contributed by atoms with Crippen LogP contribution in [0.2, 0.25) is 5.02 Å². The van der Waals surface area contributed by atoms with Gasteiger partial charge in [0.1, 0.15) is 0 Å². The Morgan fingerprint density at radius 3 is 2.73 bits per heavy atom. The number of rotatable bonds is 1. The van der Waals surface area contributed by atoms with Crippen LogP contribution in [-0.4, -0.2) is 4.98 Å². The van der Waals surface area contributed by atoms with E-state index in [9.17, 15) is 0 Å². The summed E-state index contributed by atoms with van der Waals surface area (Å²) in [6, 6.07) is 0. The quantitative estimate of drug-likeness (QED) is 0.698. The van der Waals surface area contributed by atoms with E-state index >= 15 is 0 Å². The van der Waals surface area contributed by atoms with Crippen LogP contribution in [0.25, 0.3) is 0 Å². The van der Waals surface area contributed by atoms with E-state index in [2.05, 4.69) is 4.98 Å². The molecule has 60 valence electrons. The summed E-state index contributed by atoms with van der Waals surface area (Å²) in [4.78, 5) is 4.10. The van der Waals surface area contributed by atoms with E-state index in [0.29, 0.717) is 6.54 Å². The highest BCUT2D eigenvalue weighted by Crippen LogP contribution is 2.20. The predicted octanol–water partition coefficient (Wildman–Crippen LogP) is 1.81. The smallest absolute Gasteiger partial charge is 0.0650 e. The van der Waals surface area contributed by atoms with Gasteiger partial charge in [0.05, 0.1) is 10.7 Å². The van der Waals surface area contributed by atoms with E-state index in [-0.39, 0.29) is 0 Å². The highest BCUT2D eigenvalue weighted by molar-refractivity contribution is 6.32. The molecule has 0 atom stereocenters. The van der Waals surface area contributed by atoms with Crippen LogP contribution in [-0.2, 0) is 6.54 Å². The van der Waals surface area contributed by atoms with Crippen LogP contribution < -0.4 is 5.73 Å². The fourth-order valence-corrected chi connectivity index (χ4v) is 1.12. The van der Waals surface area contributed by atoms with Crippen LogP contribution in [0.1, 0.15) is 16.8 Å². The van der Waals surface area contributed by atoms with Gasteiger partial charge in [-0.15, -0.1) is 0 Å². The lowest BCUT2D eigenvalue weighted by Crippen LogP contribution is -2.01. The molecule has 0 saturated heterocycles. The normalized spacial score (nSPS) is 10.2. The Morgan fingerprint density at radius 2 is 2.18 bits per heavy atom. The monoisotopic (exact) mass is 170 g/mol. The van der Waals surface area contributed by atoms with Crippen molar-refractivity contribution in [2.45, 2.75) is 20.4 Å². The van der Waals surface area contributed by atoms with E-state index in [4.69, 9.17) is 17.3 Å². The third-order valence-electron chi connectivity index (χ3n) is 1.76. The molecular weight excluding hydrogens is 160 g/mol.